The Labute approximate surface area is 152 Å². The van der Waals surface area contributed by atoms with Crippen LogP contribution >= 0.6 is 27.3 Å². The summed E-state index contributed by atoms with van der Waals surface area (Å²) < 4.78 is 45.0. The van der Waals surface area contributed by atoms with Gasteiger partial charge in [-0.15, -0.1) is 11.3 Å². The number of hydrogen-bond acceptors (Lipinski definition) is 6. The number of aliphatic imine (C=N–C) groups is 1. The Morgan fingerprint density at radius 2 is 2.17 bits per heavy atom. The SMILES string of the molecule is CN1C(NC(=O)OC(C)(C)C)=NC(c2sc(Br)cc2F)CS1(=O)=O. The van der Waals surface area contributed by atoms with Crippen LogP contribution in [0.5, 0.6) is 0 Å². The lowest BCUT2D eigenvalue weighted by molar-refractivity contribution is 0.0559. The van der Waals surface area contributed by atoms with Crippen molar-refractivity contribution in [1.29, 1.82) is 0 Å². The number of sulfonamides is 1. The van der Waals surface area contributed by atoms with Gasteiger partial charge in [-0.1, -0.05) is 0 Å². The van der Waals surface area contributed by atoms with Crippen LogP contribution in [0.25, 0.3) is 0 Å². The zero-order valence-electron chi connectivity index (χ0n) is 13.5. The molecule has 24 heavy (non-hydrogen) atoms. The second kappa shape index (κ2) is 6.60. The lowest BCUT2D eigenvalue weighted by atomic mass is 10.2. The van der Waals surface area contributed by atoms with Gasteiger partial charge in [0, 0.05) is 7.05 Å². The third-order valence-electron chi connectivity index (χ3n) is 2.96. The lowest BCUT2D eigenvalue weighted by Gasteiger charge is -2.29. The van der Waals surface area contributed by atoms with Crippen molar-refractivity contribution in [3.05, 3.63) is 20.5 Å². The fourth-order valence-corrected chi connectivity index (χ4v) is 4.78. The zero-order valence-corrected chi connectivity index (χ0v) is 16.7. The summed E-state index contributed by atoms with van der Waals surface area (Å²) in [7, 11) is -2.48. The number of carbonyl (C=O) groups excluding carboxylic acids is 1. The molecule has 0 aliphatic carbocycles. The number of guanidine groups is 1. The first-order valence-corrected chi connectivity index (χ1v) is 10.1. The van der Waals surface area contributed by atoms with Crippen LogP contribution in [0.3, 0.4) is 0 Å². The summed E-state index contributed by atoms with van der Waals surface area (Å²) in [6.07, 6.45) is -0.836. The molecule has 1 amide bonds. The zero-order chi connectivity index (χ0) is 18.3. The maximum atomic E-state index is 13.9. The van der Waals surface area contributed by atoms with Gasteiger partial charge in [-0.05, 0) is 42.8 Å². The summed E-state index contributed by atoms with van der Waals surface area (Å²) in [5, 5.41) is 2.31. The van der Waals surface area contributed by atoms with Crippen LogP contribution in [0.1, 0.15) is 31.7 Å². The number of ether oxygens (including phenoxy) is 1. The topological polar surface area (TPSA) is 88.1 Å². The summed E-state index contributed by atoms with van der Waals surface area (Å²) in [4.78, 5) is 16.2. The quantitative estimate of drug-likeness (QED) is 0.725. The van der Waals surface area contributed by atoms with Gasteiger partial charge in [0.15, 0.2) is 0 Å². The van der Waals surface area contributed by atoms with Gasteiger partial charge in [0.25, 0.3) is 0 Å². The molecule has 2 heterocycles. The van der Waals surface area contributed by atoms with Gasteiger partial charge < -0.3 is 4.74 Å². The normalized spacial score (nSPS) is 20.5. The van der Waals surface area contributed by atoms with Gasteiger partial charge in [-0.25, -0.2) is 26.9 Å². The Morgan fingerprint density at radius 1 is 1.54 bits per heavy atom. The van der Waals surface area contributed by atoms with Gasteiger partial charge in [-0.2, -0.15) is 0 Å². The van der Waals surface area contributed by atoms with Crippen LogP contribution in [-0.4, -0.2) is 43.2 Å². The van der Waals surface area contributed by atoms with Crippen LogP contribution in [0, 0.1) is 5.82 Å². The fourth-order valence-electron chi connectivity index (χ4n) is 1.93. The molecule has 134 valence electrons. The van der Waals surface area contributed by atoms with E-state index in [0.717, 1.165) is 15.6 Å². The molecule has 1 aromatic rings. The van der Waals surface area contributed by atoms with Crippen molar-refractivity contribution < 1.29 is 22.3 Å². The van der Waals surface area contributed by atoms with Gasteiger partial charge >= 0.3 is 6.09 Å². The highest BCUT2D eigenvalue weighted by Gasteiger charge is 2.36. The third kappa shape index (κ3) is 4.45. The molecule has 0 radical (unpaired) electrons. The Balaban J connectivity index is 2.33. The average Bonchev–Trinajstić information content (AvgIpc) is 2.71. The van der Waals surface area contributed by atoms with Crippen molar-refractivity contribution in [1.82, 2.24) is 9.62 Å². The number of alkyl carbamates (subject to hydrolysis) is 1. The highest BCUT2D eigenvalue weighted by molar-refractivity contribution is 9.11. The van der Waals surface area contributed by atoms with Gasteiger partial charge in [0.2, 0.25) is 16.0 Å². The minimum absolute atomic E-state index is 0.182. The summed E-state index contributed by atoms with van der Waals surface area (Å²) in [5.74, 6) is -1.13. The minimum atomic E-state index is -3.75. The number of hydrogen-bond donors (Lipinski definition) is 1. The van der Waals surface area contributed by atoms with Crippen LogP contribution in [-0.2, 0) is 14.8 Å². The Kier molecular flexibility index (Phi) is 5.26. The first kappa shape index (κ1) is 19.1. The molecule has 2 rings (SSSR count). The molecule has 0 saturated heterocycles. The molecule has 0 fully saturated rings. The molecule has 1 aliphatic rings. The molecule has 1 unspecified atom stereocenters. The van der Waals surface area contributed by atoms with E-state index in [-0.39, 0.29) is 16.6 Å². The molecule has 1 atom stereocenters. The number of amides is 1. The number of carbonyl (C=O) groups is 1. The number of rotatable bonds is 1. The molecule has 11 heteroatoms. The molecule has 0 aromatic carbocycles. The van der Waals surface area contributed by atoms with Gasteiger partial charge in [0.1, 0.15) is 17.5 Å². The second-order valence-corrected chi connectivity index (χ2v) is 10.6. The van der Waals surface area contributed by atoms with Crippen LogP contribution in [0.15, 0.2) is 14.8 Å². The number of thiophene rings is 1. The molecular weight excluding hydrogens is 425 g/mol. The first-order valence-electron chi connectivity index (χ1n) is 6.88. The molecule has 0 saturated carbocycles. The van der Waals surface area contributed by atoms with E-state index in [4.69, 9.17) is 4.74 Å². The van der Waals surface area contributed by atoms with Gasteiger partial charge in [-0.3, -0.25) is 5.32 Å². The van der Waals surface area contributed by atoms with E-state index >= 15 is 0 Å². The standard InChI is InChI=1S/C13H17BrFN3O4S2/c1-13(2,3)22-12(19)17-11-16-8(6-24(20,21)18(11)4)10-7(15)5-9(14)23-10/h5,8H,6H2,1-4H3,(H,16,17,19). The number of halogens is 2. The van der Waals surface area contributed by atoms with E-state index in [1.807, 2.05) is 0 Å². The van der Waals surface area contributed by atoms with E-state index in [9.17, 15) is 17.6 Å². The van der Waals surface area contributed by atoms with Crippen molar-refractivity contribution in [3.63, 3.8) is 0 Å². The summed E-state index contributed by atoms with van der Waals surface area (Å²) in [5.41, 5.74) is -0.749. The third-order valence-corrected chi connectivity index (χ3v) is 6.42. The van der Waals surface area contributed by atoms with E-state index in [2.05, 4.69) is 26.2 Å². The molecule has 1 N–H and O–H groups in total. The second-order valence-electron chi connectivity index (χ2n) is 6.10. The van der Waals surface area contributed by atoms with E-state index in [1.165, 1.54) is 13.1 Å². The first-order chi connectivity index (χ1) is 10.9. The Bertz CT molecular complexity index is 786. The lowest BCUT2D eigenvalue weighted by Crippen LogP contribution is -2.50. The van der Waals surface area contributed by atoms with Crippen LogP contribution < -0.4 is 5.32 Å². The molecule has 1 aromatic heterocycles. The summed E-state index contributed by atoms with van der Waals surface area (Å²) in [6.45, 7) is 5.03. The minimum Gasteiger partial charge on any atom is -0.444 e. The maximum absolute atomic E-state index is 13.9. The van der Waals surface area contributed by atoms with E-state index in [0.29, 0.717) is 3.79 Å². The fraction of sp³-hybridized carbons (Fsp3) is 0.538. The molecule has 0 bridgehead atoms. The van der Waals surface area contributed by atoms with Crippen LogP contribution in [0.4, 0.5) is 9.18 Å². The Morgan fingerprint density at radius 3 is 2.67 bits per heavy atom. The molecule has 7 nitrogen and oxygen atoms in total. The number of nitrogens with zero attached hydrogens (tertiary/aromatic N) is 2. The predicted molar refractivity (Wildman–Crippen MR) is 93.1 cm³/mol. The molecule has 0 spiro atoms. The monoisotopic (exact) mass is 441 g/mol. The molecular formula is C13H17BrFN3O4S2. The van der Waals surface area contributed by atoms with Crippen molar-refractivity contribution in [2.24, 2.45) is 4.99 Å². The van der Waals surface area contributed by atoms with Crippen molar-refractivity contribution >= 4 is 49.3 Å². The van der Waals surface area contributed by atoms with Gasteiger partial charge in [0.05, 0.1) is 14.4 Å². The summed E-state index contributed by atoms with van der Waals surface area (Å²) >= 11 is 4.22. The van der Waals surface area contributed by atoms with E-state index < -0.39 is 33.6 Å². The average molecular weight is 442 g/mol. The van der Waals surface area contributed by atoms with Crippen molar-refractivity contribution in [3.8, 4) is 0 Å². The summed E-state index contributed by atoms with van der Waals surface area (Å²) in [6, 6.07) is 0.314. The predicted octanol–water partition coefficient (Wildman–Crippen LogP) is 2.85. The largest absolute Gasteiger partial charge is 0.444 e. The maximum Gasteiger partial charge on any atom is 0.414 e. The van der Waals surface area contributed by atoms with Crippen LogP contribution in [0.2, 0.25) is 0 Å². The van der Waals surface area contributed by atoms with Crippen molar-refractivity contribution in [2.45, 2.75) is 32.4 Å². The van der Waals surface area contributed by atoms with Crippen molar-refractivity contribution in [2.75, 3.05) is 12.8 Å². The molecule has 1 aliphatic heterocycles. The highest BCUT2D eigenvalue weighted by atomic mass is 79.9. The smallest absolute Gasteiger partial charge is 0.414 e. The highest BCUT2D eigenvalue weighted by Crippen LogP contribution is 2.35. The number of nitrogens with one attached hydrogen (secondary N) is 1. The van der Waals surface area contributed by atoms with E-state index in [1.54, 1.807) is 20.8 Å². The Hall–Kier alpha value is -1.20.